The number of carbonyl (C=O) groups excluding carboxylic acids is 2. The van der Waals surface area contributed by atoms with Crippen molar-refractivity contribution < 1.29 is 19.1 Å². The summed E-state index contributed by atoms with van der Waals surface area (Å²) in [5.41, 5.74) is 0.956. The Bertz CT molecular complexity index is 517. The summed E-state index contributed by atoms with van der Waals surface area (Å²) in [5, 5.41) is 5.44. The Morgan fingerprint density at radius 3 is 2.68 bits per heavy atom. The lowest BCUT2D eigenvalue weighted by molar-refractivity contribution is -0.119. The van der Waals surface area contributed by atoms with Gasteiger partial charge in [0.05, 0.1) is 7.11 Å². The molecule has 0 bridgehead atoms. The van der Waals surface area contributed by atoms with Gasteiger partial charge in [0.25, 0.3) is 0 Å². The fourth-order valence-corrected chi connectivity index (χ4v) is 1.86. The summed E-state index contributed by atoms with van der Waals surface area (Å²) in [4.78, 5) is 22.6. The van der Waals surface area contributed by atoms with Gasteiger partial charge in [-0.3, -0.25) is 4.79 Å². The molecular formula is C16H22N2O4. The van der Waals surface area contributed by atoms with Crippen molar-refractivity contribution in [3.8, 4) is 5.75 Å². The molecule has 1 atom stereocenters. The second kappa shape index (κ2) is 9.44. The highest BCUT2D eigenvalue weighted by Crippen LogP contribution is 2.20. The number of benzene rings is 1. The summed E-state index contributed by atoms with van der Waals surface area (Å²) in [6, 6.07) is 7.50. The maximum atomic E-state index is 11.5. The molecule has 1 aromatic rings. The Kier molecular flexibility index (Phi) is 7.53. The van der Waals surface area contributed by atoms with Gasteiger partial charge in [0.2, 0.25) is 5.91 Å². The number of ether oxygens (including phenoxy) is 2. The first-order chi connectivity index (χ1) is 10.6. The summed E-state index contributed by atoms with van der Waals surface area (Å²) in [5.74, 6) is 0.511. The molecule has 2 amide bonds. The molecule has 0 saturated heterocycles. The molecule has 0 saturated carbocycles. The number of amides is 2. The van der Waals surface area contributed by atoms with Crippen LogP contribution in [-0.2, 0) is 9.53 Å². The zero-order chi connectivity index (χ0) is 16.4. The molecule has 22 heavy (non-hydrogen) atoms. The zero-order valence-electron chi connectivity index (χ0n) is 12.9. The predicted octanol–water partition coefficient (Wildman–Crippen LogP) is 1.83. The van der Waals surface area contributed by atoms with E-state index in [0.29, 0.717) is 13.1 Å². The van der Waals surface area contributed by atoms with Gasteiger partial charge in [0, 0.05) is 25.9 Å². The lowest BCUT2D eigenvalue weighted by Gasteiger charge is -2.19. The molecule has 1 unspecified atom stereocenters. The van der Waals surface area contributed by atoms with E-state index in [0.717, 1.165) is 11.3 Å². The van der Waals surface area contributed by atoms with E-state index in [2.05, 4.69) is 17.2 Å². The van der Waals surface area contributed by atoms with Crippen LogP contribution in [-0.4, -0.2) is 38.8 Å². The summed E-state index contributed by atoms with van der Waals surface area (Å²) in [6.07, 6.45) is 0.979. The van der Waals surface area contributed by atoms with Gasteiger partial charge in [-0.2, -0.15) is 0 Å². The molecule has 6 nitrogen and oxygen atoms in total. The molecule has 0 fully saturated rings. The predicted molar refractivity (Wildman–Crippen MR) is 84.0 cm³/mol. The van der Waals surface area contributed by atoms with Crippen molar-refractivity contribution in [3.63, 3.8) is 0 Å². The zero-order valence-corrected chi connectivity index (χ0v) is 12.9. The molecule has 1 aromatic carbocycles. The van der Waals surface area contributed by atoms with Crippen LogP contribution in [0.2, 0.25) is 0 Å². The Hall–Kier alpha value is -2.50. The van der Waals surface area contributed by atoms with Crippen LogP contribution in [0.1, 0.15) is 18.4 Å². The Morgan fingerprint density at radius 1 is 1.32 bits per heavy atom. The third kappa shape index (κ3) is 6.30. The van der Waals surface area contributed by atoms with Crippen molar-refractivity contribution in [2.45, 2.75) is 12.8 Å². The molecule has 0 heterocycles. The normalized spacial score (nSPS) is 11.2. The van der Waals surface area contributed by atoms with Crippen LogP contribution >= 0.6 is 0 Å². The minimum Gasteiger partial charge on any atom is -0.497 e. The molecule has 0 spiro atoms. The first kappa shape index (κ1) is 17.6. The summed E-state index contributed by atoms with van der Waals surface area (Å²) >= 11 is 0. The third-order valence-corrected chi connectivity index (χ3v) is 2.99. The van der Waals surface area contributed by atoms with Gasteiger partial charge in [0.1, 0.15) is 12.4 Å². The van der Waals surface area contributed by atoms with Crippen molar-refractivity contribution >= 4 is 12.0 Å². The molecular weight excluding hydrogens is 284 g/mol. The second-order valence-corrected chi connectivity index (χ2v) is 4.68. The molecule has 0 aromatic heterocycles. The highest BCUT2D eigenvalue weighted by atomic mass is 16.5. The van der Waals surface area contributed by atoms with Gasteiger partial charge in [-0.25, -0.2) is 4.79 Å². The summed E-state index contributed by atoms with van der Waals surface area (Å²) < 4.78 is 10.1. The standard InChI is InChI=1S/C16H22N2O4/c1-4-8-22-16(20)18-11-14(10-17-12(2)19)13-6-5-7-15(9-13)21-3/h4-7,9,14H,1,8,10-11H2,2-3H3,(H,17,19)(H,18,20). The van der Waals surface area contributed by atoms with Gasteiger partial charge in [-0.1, -0.05) is 24.8 Å². The van der Waals surface area contributed by atoms with Crippen LogP contribution in [0.4, 0.5) is 4.79 Å². The van der Waals surface area contributed by atoms with Gasteiger partial charge in [0.15, 0.2) is 0 Å². The van der Waals surface area contributed by atoms with Crippen molar-refractivity contribution in [1.29, 1.82) is 0 Å². The molecule has 2 N–H and O–H groups in total. The minimum atomic E-state index is -0.518. The lowest BCUT2D eigenvalue weighted by Crippen LogP contribution is -2.35. The Labute approximate surface area is 130 Å². The van der Waals surface area contributed by atoms with Crippen LogP contribution in [0.3, 0.4) is 0 Å². The van der Waals surface area contributed by atoms with Gasteiger partial charge in [-0.05, 0) is 17.7 Å². The molecule has 6 heteroatoms. The maximum absolute atomic E-state index is 11.5. The molecule has 0 aliphatic carbocycles. The highest BCUT2D eigenvalue weighted by Gasteiger charge is 2.14. The van der Waals surface area contributed by atoms with Crippen molar-refractivity contribution in [2.75, 3.05) is 26.8 Å². The van der Waals surface area contributed by atoms with Gasteiger partial charge < -0.3 is 20.1 Å². The van der Waals surface area contributed by atoms with Crippen LogP contribution < -0.4 is 15.4 Å². The van der Waals surface area contributed by atoms with Gasteiger partial charge >= 0.3 is 6.09 Å². The fourth-order valence-electron chi connectivity index (χ4n) is 1.86. The summed E-state index contributed by atoms with van der Waals surface area (Å²) in [6.45, 7) is 5.83. The van der Waals surface area contributed by atoms with E-state index in [1.165, 1.54) is 13.0 Å². The van der Waals surface area contributed by atoms with Crippen molar-refractivity contribution in [1.82, 2.24) is 10.6 Å². The smallest absolute Gasteiger partial charge is 0.407 e. The maximum Gasteiger partial charge on any atom is 0.407 e. The molecule has 0 aliphatic heterocycles. The first-order valence-electron chi connectivity index (χ1n) is 6.96. The molecule has 120 valence electrons. The van der Waals surface area contributed by atoms with E-state index in [1.807, 2.05) is 24.3 Å². The van der Waals surface area contributed by atoms with E-state index in [4.69, 9.17) is 9.47 Å². The lowest BCUT2D eigenvalue weighted by atomic mass is 9.98. The second-order valence-electron chi connectivity index (χ2n) is 4.68. The van der Waals surface area contributed by atoms with E-state index in [-0.39, 0.29) is 18.4 Å². The topological polar surface area (TPSA) is 76.7 Å². The minimum absolute atomic E-state index is 0.0877. The third-order valence-electron chi connectivity index (χ3n) is 2.99. The quantitative estimate of drug-likeness (QED) is 0.718. The summed E-state index contributed by atoms with van der Waals surface area (Å²) in [7, 11) is 1.59. The number of rotatable bonds is 8. The highest BCUT2D eigenvalue weighted by molar-refractivity contribution is 5.73. The Balaban J connectivity index is 2.71. The van der Waals surface area contributed by atoms with E-state index < -0.39 is 6.09 Å². The molecule has 0 aliphatic rings. The van der Waals surface area contributed by atoms with Crippen LogP contribution in [0.5, 0.6) is 5.75 Å². The number of hydrogen-bond donors (Lipinski definition) is 2. The number of hydrogen-bond acceptors (Lipinski definition) is 4. The van der Waals surface area contributed by atoms with E-state index >= 15 is 0 Å². The molecule has 0 radical (unpaired) electrons. The monoisotopic (exact) mass is 306 g/mol. The van der Waals surface area contributed by atoms with Crippen molar-refractivity contribution in [3.05, 3.63) is 42.5 Å². The first-order valence-corrected chi connectivity index (χ1v) is 6.96. The number of nitrogens with one attached hydrogen (secondary N) is 2. The SMILES string of the molecule is C=CCOC(=O)NCC(CNC(C)=O)c1cccc(OC)c1. The van der Waals surface area contributed by atoms with Crippen molar-refractivity contribution in [2.24, 2.45) is 0 Å². The van der Waals surface area contributed by atoms with E-state index in [9.17, 15) is 9.59 Å². The van der Waals surface area contributed by atoms with Crippen LogP contribution in [0.25, 0.3) is 0 Å². The van der Waals surface area contributed by atoms with Crippen LogP contribution in [0.15, 0.2) is 36.9 Å². The number of methoxy groups -OCH3 is 1. The Morgan fingerprint density at radius 2 is 2.05 bits per heavy atom. The number of alkyl carbamates (subject to hydrolysis) is 1. The average Bonchev–Trinajstić information content (AvgIpc) is 2.52. The molecule has 1 rings (SSSR count). The van der Waals surface area contributed by atoms with Gasteiger partial charge in [-0.15, -0.1) is 0 Å². The van der Waals surface area contributed by atoms with Crippen LogP contribution in [0, 0.1) is 0 Å². The number of carbonyl (C=O) groups is 2. The van der Waals surface area contributed by atoms with E-state index in [1.54, 1.807) is 7.11 Å². The average molecular weight is 306 g/mol. The fraction of sp³-hybridized carbons (Fsp3) is 0.375. The largest absolute Gasteiger partial charge is 0.497 e.